The highest BCUT2D eigenvalue weighted by Crippen LogP contribution is 2.10. The van der Waals surface area contributed by atoms with E-state index in [0.29, 0.717) is 12.0 Å². The van der Waals surface area contributed by atoms with Gasteiger partial charge in [0.1, 0.15) is 0 Å². The first kappa shape index (κ1) is 16.5. The Labute approximate surface area is 129 Å². The first-order valence-electron chi connectivity index (χ1n) is 8.31. The molecule has 0 bridgehead atoms. The summed E-state index contributed by atoms with van der Waals surface area (Å²) in [6.45, 7) is 10.6. The number of benzene rings is 1. The molecule has 1 unspecified atom stereocenters. The Kier molecular flexibility index (Phi) is 7.20. The van der Waals surface area contributed by atoms with Gasteiger partial charge in [0.15, 0.2) is 0 Å². The van der Waals surface area contributed by atoms with Crippen molar-refractivity contribution in [1.82, 2.24) is 10.2 Å². The lowest BCUT2D eigenvalue weighted by molar-refractivity contribution is 0.110. The number of rotatable bonds is 9. The Morgan fingerprint density at radius 2 is 2.10 bits per heavy atom. The van der Waals surface area contributed by atoms with Crippen molar-refractivity contribution in [2.75, 3.05) is 39.4 Å². The van der Waals surface area contributed by atoms with Crippen LogP contribution in [-0.4, -0.2) is 50.3 Å². The molecule has 0 saturated carbocycles. The van der Waals surface area contributed by atoms with Crippen LogP contribution in [0.4, 0.5) is 0 Å². The van der Waals surface area contributed by atoms with Gasteiger partial charge in [-0.05, 0) is 30.9 Å². The molecule has 2 rings (SSSR count). The minimum atomic E-state index is 0.630. The first-order valence-corrected chi connectivity index (χ1v) is 8.31. The van der Waals surface area contributed by atoms with Crippen LogP contribution in [0.5, 0.6) is 0 Å². The molecule has 1 aromatic carbocycles. The summed E-state index contributed by atoms with van der Waals surface area (Å²) in [4.78, 5) is 2.57. The van der Waals surface area contributed by atoms with E-state index >= 15 is 0 Å². The van der Waals surface area contributed by atoms with Gasteiger partial charge in [0.25, 0.3) is 0 Å². The van der Waals surface area contributed by atoms with Crippen molar-refractivity contribution in [3.63, 3.8) is 0 Å². The van der Waals surface area contributed by atoms with Crippen LogP contribution < -0.4 is 5.32 Å². The van der Waals surface area contributed by atoms with E-state index in [4.69, 9.17) is 4.74 Å². The van der Waals surface area contributed by atoms with Gasteiger partial charge in [0, 0.05) is 32.3 Å². The standard InChI is InChI=1S/C18H30N2O/c1-16(2)15-21-13-10-19-18-9-12-20(14-18)11-8-17-6-4-3-5-7-17/h3-7,16,18-19H,8-15H2,1-2H3. The molecule has 118 valence electrons. The van der Waals surface area contributed by atoms with Crippen LogP contribution in [0.1, 0.15) is 25.8 Å². The van der Waals surface area contributed by atoms with Crippen molar-refractivity contribution in [3.05, 3.63) is 35.9 Å². The molecule has 21 heavy (non-hydrogen) atoms. The summed E-state index contributed by atoms with van der Waals surface area (Å²) in [5.41, 5.74) is 1.44. The van der Waals surface area contributed by atoms with Gasteiger partial charge in [-0.15, -0.1) is 0 Å². The highest BCUT2D eigenvalue weighted by Gasteiger charge is 2.21. The average molecular weight is 290 g/mol. The Morgan fingerprint density at radius 1 is 1.29 bits per heavy atom. The zero-order valence-corrected chi connectivity index (χ0v) is 13.6. The molecule has 3 heteroatoms. The second-order valence-electron chi connectivity index (χ2n) is 6.44. The molecular formula is C18H30N2O. The Balaban J connectivity index is 1.54. The summed E-state index contributed by atoms with van der Waals surface area (Å²) >= 11 is 0. The highest BCUT2D eigenvalue weighted by molar-refractivity contribution is 5.14. The molecule has 3 nitrogen and oxygen atoms in total. The Bertz CT molecular complexity index is 380. The van der Waals surface area contributed by atoms with Crippen molar-refractivity contribution in [2.24, 2.45) is 5.92 Å². The lowest BCUT2D eigenvalue weighted by Crippen LogP contribution is -2.35. The van der Waals surface area contributed by atoms with Gasteiger partial charge in [0.05, 0.1) is 6.61 Å². The fourth-order valence-corrected chi connectivity index (χ4v) is 2.79. The normalized spacial score (nSPS) is 19.5. The van der Waals surface area contributed by atoms with Crippen molar-refractivity contribution >= 4 is 0 Å². The van der Waals surface area contributed by atoms with Crippen molar-refractivity contribution < 1.29 is 4.74 Å². The van der Waals surface area contributed by atoms with E-state index in [1.165, 1.54) is 31.6 Å². The fraction of sp³-hybridized carbons (Fsp3) is 0.667. The Morgan fingerprint density at radius 3 is 2.86 bits per heavy atom. The number of ether oxygens (including phenoxy) is 1. The van der Waals surface area contributed by atoms with E-state index in [-0.39, 0.29) is 0 Å². The van der Waals surface area contributed by atoms with Gasteiger partial charge in [-0.3, -0.25) is 0 Å². The molecule has 1 N–H and O–H groups in total. The topological polar surface area (TPSA) is 24.5 Å². The van der Waals surface area contributed by atoms with Crippen LogP contribution in [0.15, 0.2) is 30.3 Å². The minimum Gasteiger partial charge on any atom is -0.380 e. The second kappa shape index (κ2) is 9.19. The van der Waals surface area contributed by atoms with E-state index in [2.05, 4.69) is 54.4 Å². The highest BCUT2D eigenvalue weighted by atomic mass is 16.5. The van der Waals surface area contributed by atoms with Gasteiger partial charge in [0.2, 0.25) is 0 Å². The minimum absolute atomic E-state index is 0.630. The second-order valence-corrected chi connectivity index (χ2v) is 6.44. The largest absolute Gasteiger partial charge is 0.380 e. The molecule has 1 heterocycles. The van der Waals surface area contributed by atoms with Crippen molar-refractivity contribution in [1.29, 1.82) is 0 Å². The van der Waals surface area contributed by atoms with E-state index in [9.17, 15) is 0 Å². The van der Waals surface area contributed by atoms with E-state index in [1.54, 1.807) is 0 Å². The molecule has 0 aliphatic carbocycles. The Hall–Kier alpha value is -0.900. The number of nitrogens with one attached hydrogen (secondary N) is 1. The maximum atomic E-state index is 5.61. The lowest BCUT2D eigenvalue weighted by atomic mass is 10.1. The predicted octanol–water partition coefficient (Wildman–Crippen LogP) is 2.57. The monoisotopic (exact) mass is 290 g/mol. The summed E-state index contributed by atoms with van der Waals surface area (Å²) in [6.07, 6.45) is 2.42. The van der Waals surface area contributed by atoms with Gasteiger partial charge >= 0.3 is 0 Å². The zero-order chi connectivity index (χ0) is 14.9. The fourth-order valence-electron chi connectivity index (χ4n) is 2.79. The van der Waals surface area contributed by atoms with Crippen molar-refractivity contribution in [2.45, 2.75) is 32.7 Å². The SMILES string of the molecule is CC(C)COCCNC1CCN(CCc2ccccc2)C1. The maximum Gasteiger partial charge on any atom is 0.0591 e. The third-order valence-corrected chi connectivity index (χ3v) is 3.96. The summed E-state index contributed by atoms with van der Waals surface area (Å²) in [5.74, 6) is 0.630. The third kappa shape index (κ3) is 6.60. The predicted molar refractivity (Wildman–Crippen MR) is 88.7 cm³/mol. The van der Waals surface area contributed by atoms with Crippen LogP contribution in [-0.2, 0) is 11.2 Å². The number of hydrogen-bond acceptors (Lipinski definition) is 3. The lowest BCUT2D eigenvalue weighted by Gasteiger charge is -2.17. The van der Waals surface area contributed by atoms with Crippen molar-refractivity contribution in [3.8, 4) is 0 Å². The molecule has 1 atom stereocenters. The van der Waals surface area contributed by atoms with Crippen LogP contribution in [0.2, 0.25) is 0 Å². The molecule has 0 amide bonds. The van der Waals surface area contributed by atoms with Gasteiger partial charge < -0.3 is 15.0 Å². The van der Waals surface area contributed by atoms with Crippen LogP contribution in [0.25, 0.3) is 0 Å². The molecule has 0 radical (unpaired) electrons. The quantitative estimate of drug-likeness (QED) is 0.708. The van der Waals surface area contributed by atoms with Gasteiger partial charge in [-0.25, -0.2) is 0 Å². The van der Waals surface area contributed by atoms with Crippen LogP contribution in [0, 0.1) is 5.92 Å². The van der Waals surface area contributed by atoms with Gasteiger partial charge in [-0.1, -0.05) is 44.2 Å². The zero-order valence-electron chi connectivity index (χ0n) is 13.6. The number of hydrogen-bond donors (Lipinski definition) is 1. The van der Waals surface area contributed by atoms with E-state index in [1.807, 2.05) is 0 Å². The molecule has 1 aliphatic heterocycles. The summed E-state index contributed by atoms with van der Waals surface area (Å²) < 4.78 is 5.61. The van der Waals surface area contributed by atoms with E-state index < -0.39 is 0 Å². The summed E-state index contributed by atoms with van der Waals surface area (Å²) in [7, 11) is 0. The maximum absolute atomic E-state index is 5.61. The van der Waals surface area contributed by atoms with E-state index in [0.717, 1.165) is 26.2 Å². The third-order valence-electron chi connectivity index (χ3n) is 3.96. The number of likely N-dealkylation sites (tertiary alicyclic amines) is 1. The van der Waals surface area contributed by atoms with Gasteiger partial charge in [-0.2, -0.15) is 0 Å². The number of nitrogens with zero attached hydrogens (tertiary/aromatic N) is 1. The molecule has 0 aromatic heterocycles. The van der Waals surface area contributed by atoms with Crippen LogP contribution >= 0.6 is 0 Å². The molecule has 1 fully saturated rings. The molecular weight excluding hydrogens is 260 g/mol. The first-order chi connectivity index (χ1) is 10.2. The molecule has 1 aromatic rings. The molecule has 1 saturated heterocycles. The summed E-state index contributed by atoms with van der Waals surface area (Å²) in [6, 6.07) is 11.4. The smallest absolute Gasteiger partial charge is 0.0591 e. The molecule has 1 aliphatic rings. The molecule has 0 spiro atoms. The average Bonchev–Trinajstić information content (AvgIpc) is 2.93. The van der Waals surface area contributed by atoms with Crippen LogP contribution in [0.3, 0.4) is 0 Å². The summed E-state index contributed by atoms with van der Waals surface area (Å²) in [5, 5.41) is 3.62.